The summed E-state index contributed by atoms with van der Waals surface area (Å²) in [5, 5.41) is 38.4. The van der Waals surface area contributed by atoms with Crippen molar-refractivity contribution in [3.05, 3.63) is 58.6 Å². The number of nitro benzene ring substituents is 1. The molecule has 0 heterocycles. The molecule has 0 aliphatic heterocycles. The maximum absolute atomic E-state index is 13.2. The van der Waals surface area contributed by atoms with E-state index in [1.54, 1.807) is 12.1 Å². The number of hydrogen-bond donors (Lipinski definition) is 5. The molecule has 0 radical (unpaired) electrons. The number of anilines is 3. The van der Waals surface area contributed by atoms with E-state index in [4.69, 9.17) is 6.42 Å². The molecule has 0 aromatic heterocycles. The second-order valence-corrected chi connectivity index (χ2v) is 8.67. The van der Waals surface area contributed by atoms with E-state index in [0.29, 0.717) is 5.69 Å². The highest BCUT2D eigenvalue weighted by atomic mass is 16.6. The monoisotopic (exact) mass is 494 g/mol. The lowest BCUT2D eigenvalue weighted by Gasteiger charge is -2.59. The van der Waals surface area contributed by atoms with Gasteiger partial charge in [0.2, 0.25) is 11.8 Å². The molecule has 36 heavy (non-hydrogen) atoms. The molecule has 5 N–H and O–H groups in total. The standard InChI is InChI=1S/C24H22N4O8/c1-4-25-13-5-7-14(8-6-13)26-19(29)17-23(2,21(31)32)18(24(17,3)22(33)34)20(30)27-15-9-11-16(12-10-15)28(35)36/h1,5-12,17-18,25H,2-3H3,(H,26,29)(H,27,30)(H,31,32)(H,33,34). The van der Waals surface area contributed by atoms with Gasteiger partial charge in [0.15, 0.2) is 0 Å². The van der Waals surface area contributed by atoms with Crippen LogP contribution in [-0.2, 0) is 19.2 Å². The predicted molar refractivity (Wildman–Crippen MR) is 128 cm³/mol. The third-order valence-corrected chi connectivity index (χ3v) is 6.56. The van der Waals surface area contributed by atoms with Gasteiger partial charge in [0, 0.05) is 35.2 Å². The Labute approximate surface area is 204 Å². The zero-order chi connectivity index (χ0) is 26.8. The molecule has 12 heteroatoms. The van der Waals surface area contributed by atoms with Crippen molar-refractivity contribution < 1.29 is 34.3 Å². The number of nitrogens with one attached hydrogen (secondary N) is 3. The fourth-order valence-electron chi connectivity index (χ4n) is 4.88. The Morgan fingerprint density at radius 3 is 1.53 bits per heavy atom. The number of carboxylic acid groups (broad SMARTS) is 2. The third-order valence-electron chi connectivity index (χ3n) is 6.56. The lowest BCUT2D eigenvalue weighted by atomic mass is 9.39. The van der Waals surface area contributed by atoms with Gasteiger partial charge >= 0.3 is 11.9 Å². The van der Waals surface area contributed by atoms with Crippen molar-refractivity contribution in [3.8, 4) is 12.5 Å². The zero-order valence-electron chi connectivity index (χ0n) is 19.1. The molecule has 2 unspecified atom stereocenters. The van der Waals surface area contributed by atoms with Gasteiger partial charge in [-0.3, -0.25) is 29.3 Å². The molecule has 0 saturated heterocycles. The van der Waals surface area contributed by atoms with E-state index >= 15 is 0 Å². The van der Waals surface area contributed by atoms with Crippen molar-refractivity contribution in [2.45, 2.75) is 13.8 Å². The van der Waals surface area contributed by atoms with Crippen LogP contribution in [0.25, 0.3) is 0 Å². The normalized spacial score (nSPS) is 24.4. The Balaban J connectivity index is 1.91. The first-order valence-electron chi connectivity index (χ1n) is 10.5. The van der Waals surface area contributed by atoms with Crippen molar-refractivity contribution >= 4 is 46.5 Å². The molecule has 0 spiro atoms. The summed E-state index contributed by atoms with van der Waals surface area (Å²) in [4.78, 5) is 61.2. The van der Waals surface area contributed by atoms with Gasteiger partial charge < -0.3 is 26.2 Å². The molecule has 2 aromatic rings. The minimum Gasteiger partial charge on any atom is -0.481 e. The molecule has 1 saturated carbocycles. The minimum absolute atomic E-state index is 0.0969. The van der Waals surface area contributed by atoms with Crippen LogP contribution >= 0.6 is 0 Å². The maximum Gasteiger partial charge on any atom is 0.311 e. The Morgan fingerprint density at radius 1 is 0.833 bits per heavy atom. The maximum atomic E-state index is 13.2. The number of rotatable bonds is 8. The number of benzene rings is 2. The number of nitro groups is 1. The Morgan fingerprint density at radius 2 is 1.19 bits per heavy atom. The number of terminal acetylenes is 1. The predicted octanol–water partition coefficient (Wildman–Crippen LogP) is 2.60. The number of nitrogens with zero attached hydrogens (tertiary/aromatic N) is 1. The van der Waals surface area contributed by atoms with Gasteiger partial charge in [-0.05, 0) is 50.2 Å². The van der Waals surface area contributed by atoms with Gasteiger partial charge in [-0.25, -0.2) is 0 Å². The molecule has 186 valence electrons. The molecule has 0 bridgehead atoms. The van der Waals surface area contributed by atoms with E-state index in [1.165, 1.54) is 24.3 Å². The average Bonchev–Trinajstić information content (AvgIpc) is 2.80. The molecular formula is C24H22N4O8. The van der Waals surface area contributed by atoms with E-state index in [1.807, 2.05) is 0 Å². The van der Waals surface area contributed by atoms with E-state index in [-0.39, 0.29) is 17.1 Å². The summed E-state index contributed by atoms with van der Waals surface area (Å²) in [6.07, 6.45) is 5.16. The molecule has 1 fully saturated rings. The molecule has 12 nitrogen and oxygen atoms in total. The number of carboxylic acids is 2. The third kappa shape index (κ3) is 4.18. The highest BCUT2D eigenvalue weighted by Gasteiger charge is 2.78. The SMILES string of the molecule is C#CNc1ccc(NC(=O)C2C(C)(C(=O)O)C(C(=O)Nc3ccc([N+](=O)[O-])cc3)C2(C)C(=O)O)cc1. The zero-order valence-corrected chi connectivity index (χ0v) is 19.1. The van der Waals surface area contributed by atoms with Crippen LogP contribution in [0.2, 0.25) is 0 Å². The summed E-state index contributed by atoms with van der Waals surface area (Å²) in [7, 11) is 0. The fourth-order valence-corrected chi connectivity index (χ4v) is 4.88. The van der Waals surface area contributed by atoms with Crippen LogP contribution < -0.4 is 16.0 Å². The van der Waals surface area contributed by atoms with Crippen LogP contribution in [0.3, 0.4) is 0 Å². The van der Waals surface area contributed by atoms with Gasteiger partial charge in [0.25, 0.3) is 5.69 Å². The number of carbonyl (C=O) groups excluding carboxylic acids is 2. The Bertz CT molecular complexity index is 1260. The second kappa shape index (κ2) is 9.38. The van der Waals surface area contributed by atoms with Gasteiger partial charge in [0.1, 0.15) is 0 Å². The summed E-state index contributed by atoms with van der Waals surface area (Å²) >= 11 is 0. The number of hydrogen-bond acceptors (Lipinski definition) is 7. The molecule has 2 amide bonds. The first-order chi connectivity index (χ1) is 16.9. The van der Waals surface area contributed by atoms with Crippen LogP contribution in [0.15, 0.2) is 48.5 Å². The Kier molecular flexibility index (Phi) is 6.69. The highest BCUT2D eigenvalue weighted by molar-refractivity contribution is 6.09. The van der Waals surface area contributed by atoms with Crippen LogP contribution in [0.4, 0.5) is 22.7 Å². The summed E-state index contributed by atoms with van der Waals surface area (Å²) in [5.74, 6) is -8.16. The van der Waals surface area contributed by atoms with Crippen molar-refractivity contribution in [1.82, 2.24) is 0 Å². The Hall–Kier alpha value is -4.92. The van der Waals surface area contributed by atoms with Gasteiger partial charge in [-0.15, -0.1) is 0 Å². The largest absolute Gasteiger partial charge is 0.481 e. The molecule has 2 atom stereocenters. The minimum atomic E-state index is -2.08. The van der Waals surface area contributed by atoms with Crippen LogP contribution in [0, 0.1) is 45.2 Å². The number of aliphatic carboxylic acids is 2. The topological polar surface area (TPSA) is 188 Å². The molecule has 2 aromatic carbocycles. The first-order valence-corrected chi connectivity index (χ1v) is 10.5. The van der Waals surface area contributed by atoms with Gasteiger partial charge in [-0.2, -0.15) is 0 Å². The van der Waals surface area contributed by atoms with E-state index in [9.17, 15) is 39.5 Å². The van der Waals surface area contributed by atoms with Crippen LogP contribution in [-0.4, -0.2) is 38.9 Å². The summed E-state index contributed by atoms with van der Waals surface area (Å²) in [6.45, 7) is 2.29. The van der Waals surface area contributed by atoms with E-state index < -0.39 is 51.3 Å². The summed E-state index contributed by atoms with van der Waals surface area (Å²) in [6, 6.07) is 13.1. The van der Waals surface area contributed by atoms with Crippen LogP contribution in [0.5, 0.6) is 0 Å². The first kappa shape index (κ1) is 25.7. The lowest BCUT2D eigenvalue weighted by molar-refractivity contribution is -0.384. The van der Waals surface area contributed by atoms with Gasteiger partial charge in [0.05, 0.1) is 27.6 Å². The number of carbonyl (C=O) groups is 4. The fraction of sp³-hybridized carbons (Fsp3) is 0.250. The number of amides is 2. The van der Waals surface area contributed by atoms with Crippen LogP contribution in [0.1, 0.15) is 13.8 Å². The van der Waals surface area contributed by atoms with Crippen molar-refractivity contribution in [1.29, 1.82) is 0 Å². The molecule has 1 aliphatic carbocycles. The summed E-state index contributed by atoms with van der Waals surface area (Å²) in [5.41, 5.74) is -3.46. The average molecular weight is 494 g/mol. The lowest BCUT2D eigenvalue weighted by Crippen LogP contribution is -2.74. The summed E-state index contributed by atoms with van der Waals surface area (Å²) < 4.78 is 0. The van der Waals surface area contributed by atoms with E-state index in [0.717, 1.165) is 26.0 Å². The number of non-ortho nitro benzene ring substituents is 1. The quantitative estimate of drug-likeness (QED) is 0.159. The smallest absolute Gasteiger partial charge is 0.311 e. The van der Waals surface area contributed by atoms with Crippen molar-refractivity contribution in [2.75, 3.05) is 16.0 Å². The van der Waals surface area contributed by atoms with Gasteiger partial charge in [-0.1, -0.05) is 6.42 Å². The molecule has 1 aliphatic rings. The van der Waals surface area contributed by atoms with Crippen molar-refractivity contribution in [2.24, 2.45) is 22.7 Å². The van der Waals surface area contributed by atoms with E-state index in [2.05, 4.69) is 22.0 Å². The van der Waals surface area contributed by atoms with Crippen molar-refractivity contribution in [3.63, 3.8) is 0 Å². The highest BCUT2D eigenvalue weighted by Crippen LogP contribution is 2.64. The second-order valence-electron chi connectivity index (χ2n) is 8.67. The molecular weight excluding hydrogens is 472 g/mol. The molecule has 3 rings (SSSR count).